The van der Waals surface area contributed by atoms with Crippen LogP contribution >= 0.6 is 11.3 Å². The summed E-state index contributed by atoms with van der Waals surface area (Å²) in [5.74, 6) is 0.0493. The number of carbonyl (C=O) groups excluding carboxylic acids is 1. The molecule has 0 N–H and O–H groups in total. The van der Waals surface area contributed by atoms with Crippen LogP contribution in [0.1, 0.15) is 39.9 Å². The van der Waals surface area contributed by atoms with Crippen LogP contribution in [0, 0.1) is 0 Å². The van der Waals surface area contributed by atoms with Gasteiger partial charge in [-0.1, -0.05) is 12.1 Å². The minimum atomic E-state index is 0.0493. The Kier molecular flexibility index (Phi) is 2.76. The Labute approximate surface area is 137 Å². The SMILES string of the molecule is O=C(c1nc2ccccc2s1)N1[C@H]2CC[C@H]1c1cncnc1C2. The quantitative estimate of drug-likeness (QED) is 0.691. The fraction of sp³-hybridized carbons (Fsp3) is 0.294. The van der Waals surface area contributed by atoms with Gasteiger partial charge in [-0.15, -0.1) is 11.3 Å². The van der Waals surface area contributed by atoms with Crippen molar-refractivity contribution >= 4 is 27.5 Å². The van der Waals surface area contributed by atoms with Crippen molar-refractivity contribution in [3.63, 3.8) is 0 Å². The summed E-state index contributed by atoms with van der Waals surface area (Å²) >= 11 is 1.48. The molecule has 2 aromatic heterocycles. The molecule has 1 aromatic carbocycles. The molecule has 5 nitrogen and oxygen atoms in total. The molecular weight excluding hydrogens is 308 g/mol. The predicted octanol–water partition coefficient (Wildman–Crippen LogP) is 2.99. The normalized spacial score (nSPS) is 22.3. The van der Waals surface area contributed by atoms with E-state index in [1.165, 1.54) is 11.3 Å². The first kappa shape index (κ1) is 13.1. The number of carbonyl (C=O) groups is 1. The van der Waals surface area contributed by atoms with Gasteiger partial charge in [-0.3, -0.25) is 4.79 Å². The van der Waals surface area contributed by atoms with Crippen molar-refractivity contribution in [3.8, 4) is 0 Å². The van der Waals surface area contributed by atoms with E-state index in [1.807, 2.05) is 35.4 Å². The number of hydrogen-bond donors (Lipinski definition) is 0. The smallest absolute Gasteiger partial charge is 0.283 e. The first-order valence-corrected chi connectivity index (χ1v) is 8.60. The van der Waals surface area contributed by atoms with Crippen molar-refractivity contribution in [2.45, 2.75) is 31.3 Å². The third-order valence-corrected chi connectivity index (χ3v) is 5.85. The largest absolute Gasteiger partial charge is 0.326 e. The third-order valence-electron chi connectivity index (χ3n) is 4.83. The second-order valence-electron chi connectivity index (χ2n) is 6.08. The molecule has 2 aliphatic heterocycles. The number of fused-ring (bicyclic) bond motifs is 5. The van der Waals surface area contributed by atoms with E-state index in [4.69, 9.17) is 0 Å². The summed E-state index contributed by atoms with van der Waals surface area (Å²) < 4.78 is 1.06. The highest BCUT2D eigenvalue weighted by Crippen LogP contribution is 2.43. The van der Waals surface area contributed by atoms with Crippen molar-refractivity contribution in [2.75, 3.05) is 0 Å². The summed E-state index contributed by atoms with van der Waals surface area (Å²) in [6.07, 6.45) is 6.31. The van der Waals surface area contributed by atoms with Crippen LogP contribution in [0.2, 0.25) is 0 Å². The molecule has 5 rings (SSSR count). The highest BCUT2D eigenvalue weighted by Gasteiger charge is 2.44. The summed E-state index contributed by atoms with van der Waals surface area (Å²) in [5.41, 5.74) is 3.10. The number of amides is 1. The molecule has 114 valence electrons. The van der Waals surface area contributed by atoms with Crippen molar-refractivity contribution in [1.82, 2.24) is 19.9 Å². The van der Waals surface area contributed by atoms with Crippen LogP contribution < -0.4 is 0 Å². The average molecular weight is 322 g/mol. The van der Waals surface area contributed by atoms with Gasteiger partial charge in [-0.2, -0.15) is 0 Å². The Hall–Kier alpha value is -2.34. The molecular formula is C17H14N4OS. The molecule has 1 amide bonds. The molecule has 2 bridgehead atoms. The van der Waals surface area contributed by atoms with E-state index in [-0.39, 0.29) is 18.0 Å². The number of hydrogen-bond acceptors (Lipinski definition) is 5. The molecule has 1 fully saturated rings. The molecule has 0 radical (unpaired) electrons. The van der Waals surface area contributed by atoms with Crippen LogP contribution in [0.4, 0.5) is 0 Å². The second-order valence-corrected chi connectivity index (χ2v) is 7.11. The van der Waals surface area contributed by atoms with Crippen molar-refractivity contribution in [2.24, 2.45) is 0 Å². The average Bonchev–Trinajstić information content (AvgIpc) is 3.15. The van der Waals surface area contributed by atoms with Crippen LogP contribution in [-0.2, 0) is 6.42 Å². The number of thiazole rings is 1. The molecule has 0 spiro atoms. The summed E-state index contributed by atoms with van der Waals surface area (Å²) in [7, 11) is 0. The van der Waals surface area contributed by atoms with Gasteiger partial charge in [-0.05, 0) is 25.0 Å². The Morgan fingerprint density at radius 3 is 3.09 bits per heavy atom. The summed E-state index contributed by atoms with van der Waals surface area (Å²) in [6.45, 7) is 0. The lowest BCUT2D eigenvalue weighted by Crippen LogP contribution is -2.42. The molecule has 4 heterocycles. The second kappa shape index (κ2) is 4.83. The van der Waals surface area contributed by atoms with E-state index in [2.05, 4.69) is 15.0 Å². The highest BCUT2D eigenvalue weighted by molar-refractivity contribution is 7.20. The summed E-state index contributed by atoms with van der Waals surface area (Å²) in [5, 5.41) is 0.586. The molecule has 0 unspecified atom stereocenters. The number of rotatable bonds is 1. The molecule has 0 aliphatic carbocycles. The lowest BCUT2D eigenvalue weighted by molar-refractivity contribution is 0.0643. The molecule has 0 saturated carbocycles. The van der Waals surface area contributed by atoms with E-state index in [1.54, 1.807) is 6.33 Å². The van der Waals surface area contributed by atoms with E-state index < -0.39 is 0 Å². The van der Waals surface area contributed by atoms with Gasteiger partial charge in [0, 0.05) is 24.2 Å². The lowest BCUT2D eigenvalue weighted by atomic mass is 9.99. The van der Waals surface area contributed by atoms with E-state index in [0.29, 0.717) is 5.01 Å². The Bertz CT molecular complexity index is 889. The van der Waals surface area contributed by atoms with Gasteiger partial charge in [0.05, 0.1) is 22.0 Å². The van der Waals surface area contributed by atoms with Crippen LogP contribution in [0.25, 0.3) is 10.2 Å². The minimum absolute atomic E-state index is 0.0493. The maximum Gasteiger partial charge on any atom is 0.283 e. The van der Waals surface area contributed by atoms with Gasteiger partial charge in [0.1, 0.15) is 6.33 Å². The van der Waals surface area contributed by atoms with Crippen LogP contribution in [0.3, 0.4) is 0 Å². The topological polar surface area (TPSA) is 59.0 Å². The van der Waals surface area contributed by atoms with E-state index in [9.17, 15) is 4.79 Å². The highest BCUT2D eigenvalue weighted by atomic mass is 32.1. The fourth-order valence-corrected chi connectivity index (χ4v) is 4.72. The zero-order chi connectivity index (χ0) is 15.4. The van der Waals surface area contributed by atoms with Crippen molar-refractivity contribution in [3.05, 3.63) is 53.1 Å². The van der Waals surface area contributed by atoms with Crippen molar-refractivity contribution in [1.29, 1.82) is 0 Å². The summed E-state index contributed by atoms with van der Waals surface area (Å²) in [6, 6.07) is 8.24. The number of benzene rings is 1. The van der Waals surface area contributed by atoms with Crippen molar-refractivity contribution < 1.29 is 4.79 Å². The van der Waals surface area contributed by atoms with Crippen LogP contribution in [0.5, 0.6) is 0 Å². The first-order valence-electron chi connectivity index (χ1n) is 7.78. The van der Waals surface area contributed by atoms with Crippen LogP contribution in [-0.4, -0.2) is 31.8 Å². The number of aromatic nitrogens is 3. The van der Waals surface area contributed by atoms with Gasteiger partial charge in [0.15, 0.2) is 5.01 Å². The van der Waals surface area contributed by atoms with Gasteiger partial charge >= 0.3 is 0 Å². The molecule has 3 aromatic rings. The monoisotopic (exact) mass is 322 g/mol. The van der Waals surface area contributed by atoms with Crippen LogP contribution in [0.15, 0.2) is 36.8 Å². The van der Waals surface area contributed by atoms with Gasteiger partial charge < -0.3 is 4.90 Å². The van der Waals surface area contributed by atoms with Gasteiger partial charge in [-0.25, -0.2) is 15.0 Å². The maximum absolute atomic E-state index is 13.1. The Balaban J connectivity index is 1.56. The lowest BCUT2D eigenvalue weighted by Gasteiger charge is -2.34. The van der Waals surface area contributed by atoms with Gasteiger partial charge in [0.2, 0.25) is 0 Å². The van der Waals surface area contributed by atoms with E-state index >= 15 is 0 Å². The van der Waals surface area contributed by atoms with E-state index in [0.717, 1.165) is 40.7 Å². The zero-order valence-electron chi connectivity index (χ0n) is 12.3. The minimum Gasteiger partial charge on any atom is -0.326 e. The Morgan fingerprint density at radius 2 is 2.17 bits per heavy atom. The predicted molar refractivity (Wildman–Crippen MR) is 87.3 cm³/mol. The number of nitrogens with zero attached hydrogens (tertiary/aromatic N) is 4. The number of para-hydroxylation sites is 1. The standard InChI is InChI=1S/C17H14N4OS/c22-17(16-20-12-3-1-2-4-15(12)23-16)21-10-5-6-14(21)11-8-18-9-19-13(11)7-10/h1-4,8-10,14H,5-7H2/t10-,14-/m0/s1. The summed E-state index contributed by atoms with van der Waals surface area (Å²) in [4.78, 5) is 28.2. The first-order chi connectivity index (χ1) is 11.3. The van der Waals surface area contributed by atoms with Gasteiger partial charge in [0.25, 0.3) is 5.91 Å². The molecule has 2 atom stereocenters. The molecule has 2 aliphatic rings. The third kappa shape index (κ3) is 1.91. The Morgan fingerprint density at radius 1 is 1.26 bits per heavy atom. The molecule has 1 saturated heterocycles. The fourth-order valence-electron chi connectivity index (χ4n) is 3.81. The zero-order valence-corrected chi connectivity index (χ0v) is 13.2. The maximum atomic E-state index is 13.1. The molecule has 6 heteroatoms. The molecule has 23 heavy (non-hydrogen) atoms.